The Hall–Kier alpha value is -1.60. The Morgan fingerprint density at radius 3 is 2.75 bits per heavy atom. The van der Waals surface area contributed by atoms with E-state index in [9.17, 15) is 9.90 Å². The summed E-state index contributed by atoms with van der Waals surface area (Å²) in [4.78, 5) is 12.9. The van der Waals surface area contributed by atoms with Gasteiger partial charge in [-0.3, -0.25) is 4.79 Å². The van der Waals surface area contributed by atoms with E-state index in [1.54, 1.807) is 17.5 Å². The summed E-state index contributed by atoms with van der Waals surface area (Å²) in [5.41, 5.74) is 0.335. The van der Waals surface area contributed by atoms with Crippen LogP contribution in [0.2, 0.25) is 0 Å². The number of rotatable bonds is 4. The van der Waals surface area contributed by atoms with Gasteiger partial charge in [0.15, 0.2) is 0 Å². The van der Waals surface area contributed by atoms with Crippen LogP contribution in [-0.2, 0) is 0 Å². The van der Waals surface area contributed by atoms with Gasteiger partial charge in [0.25, 0.3) is 0 Å². The van der Waals surface area contributed by atoms with Crippen LogP contribution in [0.1, 0.15) is 35.0 Å². The zero-order valence-electron chi connectivity index (χ0n) is 9.28. The average Bonchev–Trinajstić information content (AvgIpc) is 2.66. The molecule has 0 bridgehead atoms. The number of hydrogen-bond acceptors (Lipinski definition) is 4. The third-order valence-corrected chi connectivity index (χ3v) is 2.97. The van der Waals surface area contributed by atoms with Crippen LogP contribution in [0.25, 0.3) is 0 Å². The second-order valence-electron chi connectivity index (χ2n) is 3.46. The van der Waals surface area contributed by atoms with Crippen LogP contribution in [0, 0.1) is 18.3 Å². The largest absolute Gasteiger partial charge is 0.511 e. The van der Waals surface area contributed by atoms with Crippen molar-refractivity contribution < 1.29 is 9.90 Å². The van der Waals surface area contributed by atoms with E-state index in [4.69, 9.17) is 5.26 Å². The SMILES string of the molecule is CCC/C(O)=C(\C#N)C(=O)c1csc(C)c1. The van der Waals surface area contributed by atoms with Crippen molar-refractivity contribution >= 4 is 17.1 Å². The zero-order chi connectivity index (χ0) is 12.1. The summed E-state index contributed by atoms with van der Waals surface area (Å²) in [7, 11) is 0. The van der Waals surface area contributed by atoms with Gasteiger partial charge in [0.05, 0.1) is 0 Å². The second-order valence-corrected chi connectivity index (χ2v) is 4.57. The predicted octanol–water partition coefficient (Wildman–Crippen LogP) is 3.38. The molecule has 0 radical (unpaired) electrons. The maximum atomic E-state index is 11.9. The highest BCUT2D eigenvalue weighted by Gasteiger charge is 2.17. The molecule has 1 rings (SSSR count). The van der Waals surface area contributed by atoms with Crippen molar-refractivity contribution in [3.05, 3.63) is 33.2 Å². The molecule has 1 N–H and O–H groups in total. The molecule has 84 valence electrons. The minimum atomic E-state index is -0.391. The summed E-state index contributed by atoms with van der Waals surface area (Å²) in [6.45, 7) is 3.77. The minimum Gasteiger partial charge on any atom is -0.511 e. The molecule has 0 unspecified atom stereocenters. The maximum absolute atomic E-state index is 11.9. The summed E-state index contributed by atoms with van der Waals surface area (Å²) < 4.78 is 0. The summed E-state index contributed by atoms with van der Waals surface area (Å²) in [6.07, 6.45) is 1.06. The topological polar surface area (TPSA) is 61.1 Å². The first-order chi connectivity index (χ1) is 7.60. The molecule has 0 aliphatic heterocycles. The van der Waals surface area contributed by atoms with Gasteiger partial charge in [0, 0.05) is 22.2 Å². The van der Waals surface area contributed by atoms with Crippen molar-refractivity contribution in [2.24, 2.45) is 0 Å². The molecule has 0 saturated heterocycles. The molecule has 0 spiro atoms. The van der Waals surface area contributed by atoms with Gasteiger partial charge in [0.1, 0.15) is 17.4 Å². The number of thiophene rings is 1. The van der Waals surface area contributed by atoms with Crippen molar-refractivity contribution in [2.45, 2.75) is 26.7 Å². The molecule has 3 nitrogen and oxygen atoms in total. The van der Waals surface area contributed by atoms with Crippen molar-refractivity contribution in [1.82, 2.24) is 0 Å². The average molecular weight is 235 g/mol. The molecule has 16 heavy (non-hydrogen) atoms. The highest BCUT2D eigenvalue weighted by atomic mass is 32.1. The molecule has 0 amide bonds. The fourth-order valence-electron chi connectivity index (χ4n) is 1.32. The summed E-state index contributed by atoms with van der Waals surface area (Å²) in [6, 6.07) is 3.50. The fourth-order valence-corrected chi connectivity index (χ4v) is 2.00. The lowest BCUT2D eigenvalue weighted by Gasteiger charge is -2.00. The van der Waals surface area contributed by atoms with E-state index in [1.165, 1.54) is 11.3 Å². The Labute approximate surface area is 98.7 Å². The number of aryl methyl sites for hydroxylation is 1. The number of carbonyl (C=O) groups is 1. The smallest absolute Gasteiger partial charge is 0.207 e. The number of nitriles is 1. The monoisotopic (exact) mass is 235 g/mol. The molecule has 4 heteroatoms. The normalized spacial score (nSPS) is 11.8. The Kier molecular flexibility index (Phi) is 4.27. The van der Waals surface area contributed by atoms with Crippen LogP contribution < -0.4 is 0 Å². The van der Waals surface area contributed by atoms with E-state index < -0.39 is 5.78 Å². The summed E-state index contributed by atoms with van der Waals surface area (Å²) in [5, 5.41) is 20.2. The third-order valence-electron chi connectivity index (χ3n) is 2.11. The molecule has 1 aromatic rings. The Morgan fingerprint density at radius 1 is 1.62 bits per heavy atom. The first-order valence-electron chi connectivity index (χ1n) is 5.02. The van der Waals surface area contributed by atoms with Crippen molar-refractivity contribution in [1.29, 1.82) is 5.26 Å². The van der Waals surface area contributed by atoms with Gasteiger partial charge < -0.3 is 5.11 Å². The lowest BCUT2D eigenvalue weighted by Crippen LogP contribution is -2.04. The molecule has 1 aromatic heterocycles. The lowest BCUT2D eigenvalue weighted by atomic mass is 10.0. The lowest BCUT2D eigenvalue weighted by molar-refractivity contribution is 0.103. The number of hydrogen-bond donors (Lipinski definition) is 1. The predicted molar refractivity (Wildman–Crippen MR) is 63.6 cm³/mol. The van der Waals surface area contributed by atoms with Gasteiger partial charge in [-0.25, -0.2) is 0 Å². The van der Waals surface area contributed by atoms with Crippen LogP contribution in [0.4, 0.5) is 0 Å². The number of nitrogens with zero attached hydrogens (tertiary/aromatic N) is 1. The molecule has 0 fully saturated rings. The van der Waals surface area contributed by atoms with Crippen molar-refractivity contribution in [3.63, 3.8) is 0 Å². The summed E-state index contributed by atoms with van der Waals surface area (Å²) >= 11 is 1.45. The first kappa shape index (κ1) is 12.5. The molecule has 0 saturated carbocycles. The highest BCUT2D eigenvalue weighted by Crippen LogP contribution is 2.19. The van der Waals surface area contributed by atoms with E-state index in [0.717, 1.165) is 4.88 Å². The quantitative estimate of drug-likeness (QED) is 0.376. The number of aliphatic hydroxyl groups is 1. The van der Waals surface area contributed by atoms with Gasteiger partial charge in [-0.15, -0.1) is 11.3 Å². The number of allylic oxidation sites excluding steroid dienone is 2. The molecule has 1 heterocycles. The van der Waals surface area contributed by atoms with E-state index in [1.807, 2.05) is 13.8 Å². The van der Waals surface area contributed by atoms with Crippen LogP contribution in [0.3, 0.4) is 0 Å². The standard InChI is InChI=1S/C12H13NO2S/c1-3-4-11(14)10(6-13)12(15)9-5-8(2)16-7-9/h5,7,14H,3-4H2,1-2H3/b11-10-. The number of carbonyl (C=O) groups excluding carboxylic acids is 1. The fraction of sp³-hybridized carbons (Fsp3) is 0.333. The molecule has 0 aliphatic carbocycles. The van der Waals surface area contributed by atoms with Crippen LogP contribution in [0.5, 0.6) is 0 Å². The molecular weight excluding hydrogens is 222 g/mol. The Balaban J connectivity index is 3.04. The minimum absolute atomic E-state index is 0.112. The van der Waals surface area contributed by atoms with E-state index in [2.05, 4.69) is 0 Å². The number of ketones is 1. The van der Waals surface area contributed by atoms with Crippen LogP contribution in [-0.4, -0.2) is 10.9 Å². The first-order valence-corrected chi connectivity index (χ1v) is 5.90. The molecule has 0 aromatic carbocycles. The molecule has 0 aliphatic rings. The summed E-state index contributed by atoms with van der Waals surface area (Å²) in [5.74, 6) is -0.503. The van der Waals surface area contributed by atoms with E-state index >= 15 is 0 Å². The highest BCUT2D eigenvalue weighted by molar-refractivity contribution is 7.10. The zero-order valence-corrected chi connectivity index (χ0v) is 10.1. The van der Waals surface area contributed by atoms with E-state index in [0.29, 0.717) is 18.4 Å². The second kappa shape index (κ2) is 5.47. The van der Waals surface area contributed by atoms with Crippen LogP contribution in [0.15, 0.2) is 22.8 Å². The van der Waals surface area contributed by atoms with Crippen molar-refractivity contribution in [2.75, 3.05) is 0 Å². The van der Waals surface area contributed by atoms with Gasteiger partial charge in [-0.05, 0) is 19.4 Å². The van der Waals surface area contributed by atoms with E-state index in [-0.39, 0.29) is 11.3 Å². The molecular formula is C12H13NO2S. The van der Waals surface area contributed by atoms with Crippen LogP contribution >= 0.6 is 11.3 Å². The third kappa shape index (κ3) is 2.71. The van der Waals surface area contributed by atoms with Gasteiger partial charge in [-0.1, -0.05) is 6.92 Å². The van der Waals surface area contributed by atoms with Gasteiger partial charge in [-0.2, -0.15) is 5.26 Å². The van der Waals surface area contributed by atoms with Gasteiger partial charge >= 0.3 is 0 Å². The molecule has 0 atom stereocenters. The number of Topliss-reactive ketones (excluding diaryl/α,β-unsaturated/α-hetero) is 1. The Morgan fingerprint density at radius 2 is 2.31 bits per heavy atom. The van der Waals surface area contributed by atoms with Gasteiger partial charge in [0.2, 0.25) is 5.78 Å². The Bertz CT molecular complexity index is 466. The van der Waals surface area contributed by atoms with Crippen molar-refractivity contribution in [3.8, 4) is 6.07 Å². The number of aliphatic hydroxyl groups excluding tert-OH is 1. The maximum Gasteiger partial charge on any atom is 0.207 e.